The van der Waals surface area contributed by atoms with Crippen molar-refractivity contribution in [1.29, 1.82) is 0 Å². The Balaban J connectivity index is 2.07. The second-order valence-electron chi connectivity index (χ2n) is 4.37. The fourth-order valence-corrected chi connectivity index (χ4v) is 3.79. The van der Waals surface area contributed by atoms with Gasteiger partial charge in [-0.3, -0.25) is 0 Å². The predicted octanol–water partition coefficient (Wildman–Crippen LogP) is 4.41. The SMILES string of the molecule is CCCCO[C@H](C)[C@@H]1C(=S)Sc2ccccc21. The summed E-state index contributed by atoms with van der Waals surface area (Å²) in [6, 6.07) is 8.47. The first-order valence-corrected chi connectivity index (χ1v) is 7.38. The van der Waals surface area contributed by atoms with Crippen LogP contribution in [0.15, 0.2) is 29.2 Å². The fourth-order valence-electron chi connectivity index (χ4n) is 2.08. The smallest absolute Gasteiger partial charge is 0.0670 e. The molecule has 0 unspecified atom stereocenters. The summed E-state index contributed by atoms with van der Waals surface area (Å²) >= 11 is 7.20. The fraction of sp³-hybridized carbons (Fsp3) is 0.500. The molecule has 92 valence electrons. The van der Waals surface area contributed by atoms with Crippen molar-refractivity contribution in [2.24, 2.45) is 0 Å². The highest BCUT2D eigenvalue weighted by Gasteiger charge is 2.32. The second-order valence-corrected chi connectivity index (χ2v) is 6.15. The van der Waals surface area contributed by atoms with Gasteiger partial charge in [-0.15, -0.1) is 0 Å². The number of fused-ring (bicyclic) bond motifs is 1. The van der Waals surface area contributed by atoms with E-state index in [-0.39, 0.29) is 12.0 Å². The average Bonchev–Trinajstić information content (AvgIpc) is 2.65. The van der Waals surface area contributed by atoms with Crippen LogP contribution in [0.5, 0.6) is 0 Å². The molecular formula is C14H18OS2. The van der Waals surface area contributed by atoms with E-state index < -0.39 is 0 Å². The van der Waals surface area contributed by atoms with E-state index in [1.54, 1.807) is 11.8 Å². The second kappa shape index (κ2) is 5.98. The molecule has 2 rings (SSSR count). The largest absolute Gasteiger partial charge is 0.377 e. The molecule has 0 saturated carbocycles. The van der Waals surface area contributed by atoms with Gasteiger partial charge in [-0.2, -0.15) is 0 Å². The molecule has 1 aliphatic rings. The van der Waals surface area contributed by atoms with E-state index in [1.165, 1.54) is 16.9 Å². The number of benzene rings is 1. The molecule has 0 spiro atoms. The normalized spacial score (nSPS) is 20.4. The van der Waals surface area contributed by atoms with Crippen molar-refractivity contribution in [3.63, 3.8) is 0 Å². The van der Waals surface area contributed by atoms with Crippen LogP contribution in [-0.2, 0) is 4.74 Å². The van der Waals surface area contributed by atoms with Gasteiger partial charge < -0.3 is 4.74 Å². The van der Waals surface area contributed by atoms with Gasteiger partial charge in [-0.05, 0) is 25.0 Å². The number of hydrogen-bond donors (Lipinski definition) is 0. The third kappa shape index (κ3) is 2.90. The summed E-state index contributed by atoms with van der Waals surface area (Å²) in [6.07, 6.45) is 2.48. The molecule has 1 nitrogen and oxygen atoms in total. The van der Waals surface area contributed by atoms with Gasteiger partial charge in [0, 0.05) is 11.5 Å². The summed E-state index contributed by atoms with van der Waals surface area (Å²) in [5.41, 5.74) is 1.34. The molecule has 17 heavy (non-hydrogen) atoms. The third-order valence-electron chi connectivity index (χ3n) is 3.07. The van der Waals surface area contributed by atoms with Crippen LogP contribution in [0.3, 0.4) is 0 Å². The minimum absolute atomic E-state index is 0.185. The Morgan fingerprint density at radius 2 is 2.18 bits per heavy atom. The van der Waals surface area contributed by atoms with E-state index in [2.05, 4.69) is 38.1 Å². The molecule has 3 heteroatoms. The first-order chi connectivity index (χ1) is 8.24. The predicted molar refractivity (Wildman–Crippen MR) is 78.0 cm³/mol. The lowest BCUT2D eigenvalue weighted by Crippen LogP contribution is -2.21. The van der Waals surface area contributed by atoms with Gasteiger partial charge >= 0.3 is 0 Å². The van der Waals surface area contributed by atoms with E-state index >= 15 is 0 Å². The van der Waals surface area contributed by atoms with Crippen LogP contribution in [0, 0.1) is 0 Å². The standard InChI is InChI=1S/C14H18OS2/c1-3-4-9-15-10(2)13-11-7-5-6-8-12(11)17-14(13)16/h5-8,10,13H,3-4,9H2,1-2H3/t10-,13+/m1/s1. The highest BCUT2D eigenvalue weighted by molar-refractivity contribution is 8.23. The molecular weight excluding hydrogens is 248 g/mol. The monoisotopic (exact) mass is 266 g/mol. The van der Waals surface area contributed by atoms with Crippen molar-refractivity contribution in [2.45, 2.75) is 43.6 Å². The first kappa shape index (κ1) is 13.1. The number of unbranched alkanes of at least 4 members (excludes halogenated alkanes) is 1. The molecule has 1 aromatic carbocycles. The lowest BCUT2D eigenvalue weighted by molar-refractivity contribution is 0.0591. The number of ether oxygens (including phenoxy) is 1. The van der Waals surface area contributed by atoms with E-state index in [1.807, 2.05) is 0 Å². The zero-order valence-corrected chi connectivity index (χ0v) is 11.9. The van der Waals surface area contributed by atoms with Crippen molar-refractivity contribution in [3.8, 4) is 0 Å². The minimum atomic E-state index is 0.185. The Morgan fingerprint density at radius 1 is 1.41 bits per heavy atom. The summed E-state index contributed by atoms with van der Waals surface area (Å²) in [7, 11) is 0. The summed E-state index contributed by atoms with van der Waals surface area (Å²) in [5.74, 6) is 0.281. The summed E-state index contributed by atoms with van der Waals surface area (Å²) in [5, 5.41) is 0. The van der Waals surface area contributed by atoms with Gasteiger partial charge in [-0.25, -0.2) is 0 Å². The van der Waals surface area contributed by atoms with Gasteiger partial charge in [0.05, 0.1) is 16.2 Å². The lowest BCUT2D eigenvalue weighted by Gasteiger charge is -2.20. The topological polar surface area (TPSA) is 9.23 Å². The van der Waals surface area contributed by atoms with Gasteiger partial charge in [0.15, 0.2) is 0 Å². The Labute approximate surface area is 113 Å². The zero-order chi connectivity index (χ0) is 12.3. The van der Waals surface area contributed by atoms with Crippen molar-refractivity contribution >= 4 is 28.2 Å². The van der Waals surface area contributed by atoms with Crippen LogP contribution in [-0.4, -0.2) is 16.9 Å². The maximum Gasteiger partial charge on any atom is 0.0670 e. The highest BCUT2D eigenvalue weighted by atomic mass is 32.2. The number of thioether (sulfide) groups is 1. The molecule has 1 aromatic rings. The number of hydrogen-bond acceptors (Lipinski definition) is 3. The van der Waals surface area contributed by atoms with Crippen LogP contribution in [0.25, 0.3) is 0 Å². The van der Waals surface area contributed by atoms with E-state index in [0.29, 0.717) is 0 Å². The highest BCUT2D eigenvalue weighted by Crippen LogP contribution is 2.44. The van der Waals surface area contributed by atoms with Crippen molar-refractivity contribution in [2.75, 3.05) is 6.61 Å². The summed E-state index contributed by atoms with van der Waals surface area (Å²) in [4.78, 5) is 1.30. The molecule has 0 fully saturated rings. The van der Waals surface area contributed by atoms with Crippen molar-refractivity contribution < 1.29 is 4.74 Å². The first-order valence-electron chi connectivity index (χ1n) is 6.16. The minimum Gasteiger partial charge on any atom is -0.377 e. The molecule has 0 aromatic heterocycles. The van der Waals surface area contributed by atoms with Crippen LogP contribution in [0.2, 0.25) is 0 Å². The molecule has 2 atom stereocenters. The summed E-state index contributed by atoms with van der Waals surface area (Å²) < 4.78 is 6.94. The lowest BCUT2D eigenvalue weighted by atomic mass is 9.96. The molecule has 1 heterocycles. The zero-order valence-electron chi connectivity index (χ0n) is 10.3. The quantitative estimate of drug-likeness (QED) is 0.577. The number of rotatable bonds is 5. The number of thiocarbonyl (C=S) groups is 1. The average molecular weight is 266 g/mol. The van der Waals surface area contributed by atoms with E-state index in [9.17, 15) is 0 Å². The molecule has 0 radical (unpaired) electrons. The molecule has 0 amide bonds. The van der Waals surface area contributed by atoms with Crippen LogP contribution >= 0.6 is 24.0 Å². The molecule has 0 bridgehead atoms. The van der Waals surface area contributed by atoms with Crippen LogP contribution in [0.1, 0.15) is 38.2 Å². The maximum atomic E-state index is 5.89. The van der Waals surface area contributed by atoms with Crippen LogP contribution < -0.4 is 0 Å². The molecule has 0 saturated heterocycles. The Bertz CT molecular complexity index is 403. The van der Waals surface area contributed by atoms with E-state index in [0.717, 1.165) is 17.2 Å². The van der Waals surface area contributed by atoms with Gasteiger partial charge in [0.25, 0.3) is 0 Å². The van der Waals surface area contributed by atoms with Crippen LogP contribution in [0.4, 0.5) is 0 Å². The maximum absolute atomic E-state index is 5.89. The Hall–Kier alpha value is -0.380. The van der Waals surface area contributed by atoms with Crippen molar-refractivity contribution in [1.82, 2.24) is 0 Å². The molecule has 0 N–H and O–H groups in total. The van der Waals surface area contributed by atoms with Gasteiger partial charge in [0.1, 0.15) is 0 Å². The molecule has 1 aliphatic heterocycles. The Morgan fingerprint density at radius 3 is 2.94 bits per heavy atom. The molecule has 0 aliphatic carbocycles. The Kier molecular flexibility index (Phi) is 4.60. The summed E-state index contributed by atoms with van der Waals surface area (Å²) in [6.45, 7) is 5.15. The third-order valence-corrected chi connectivity index (χ3v) is 4.62. The van der Waals surface area contributed by atoms with Gasteiger partial charge in [-0.1, -0.05) is 55.5 Å². The van der Waals surface area contributed by atoms with E-state index in [4.69, 9.17) is 17.0 Å². The van der Waals surface area contributed by atoms with Gasteiger partial charge in [0.2, 0.25) is 0 Å². The van der Waals surface area contributed by atoms with Crippen molar-refractivity contribution in [3.05, 3.63) is 29.8 Å².